The maximum absolute atomic E-state index is 13.2. The van der Waals surface area contributed by atoms with Crippen LogP contribution in [0.1, 0.15) is 33.7 Å². The SMILES string of the molecule is Cn1ccnc1C(=O)c1ccc(NC(=O)CN2C(=O)NC3(CCc4ccccc43)C2=O)cc1. The molecule has 1 unspecified atom stereocenters. The van der Waals surface area contributed by atoms with Gasteiger partial charge >= 0.3 is 6.03 Å². The third-order valence-corrected chi connectivity index (χ3v) is 6.18. The Kier molecular flexibility index (Phi) is 4.81. The van der Waals surface area contributed by atoms with Crippen molar-refractivity contribution < 1.29 is 19.2 Å². The van der Waals surface area contributed by atoms with E-state index < -0.39 is 29.9 Å². The largest absolute Gasteiger partial charge is 0.331 e. The zero-order valence-corrected chi connectivity index (χ0v) is 17.9. The molecule has 33 heavy (non-hydrogen) atoms. The van der Waals surface area contributed by atoms with Gasteiger partial charge in [0.2, 0.25) is 11.7 Å². The molecule has 1 aliphatic carbocycles. The van der Waals surface area contributed by atoms with Crippen LogP contribution in [0.25, 0.3) is 0 Å². The number of ketones is 1. The lowest BCUT2D eigenvalue weighted by atomic mass is 9.92. The Hall–Kier alpha value is -4.27. The first-order chi connectivity index (χ1) is 15.9. The molecule has 166 valence electrons. The molecular weight excluding hydrogens is 422 g/mol. The molecule has 2 aromatic carbocycles. The molecule has 2 heterocycles. The number of hydrogen-bond donors (Lipinski definition) is 2. The van der Waals surface area contributed by atoms with Crippen molar-refractivity contribution in [2.75, 3.05) is 11.9 Å². The number of benzene rings is 2. The van der Waals surface area contributed by atoms with E-state index in [4.69, 9.17) is 0 Å². The van der Waals surface area contributed by atoms with E-state index in [9.17, 15) is 19.2 Å². The number of aryl methyl sites for hydroxylation is 2. The van der Waals surface area contributed by atoms with Crippen LogP contribution in [0.2, 0.25) is 0 Å². The predicted octanol–water partition coefficient (Wildman–Crippen LogP) is 1.98. The quantitative estimate of drug-likeness (QED) is 0.463. The lowest BCUT2D eigenvalue weighted by Gasteiger charge is -2.22. The molecule has 2 aliphatic rings. The summed E-state index contributed by atoms with van der Waals surface area (Å²) in [6, 6.07) is 13.3. The van der Waals surface area contributed by atoms with E-state index in [1.807, 2.05) is 24.3 Å². The van der Waals surface area contributed by atoms with Gasteiger partial charge in [0.25, 0.3) is 5.91 Å². The van der Waals surface area contributed by atoms with Crippen LogP contribution in [-0.2, 0) is 28.6 Å². The second-order valence-electron chi connectivity index (χ2n) is 8.20. The first-order valence-corrected chi connectivity index (χ1v) is 10.5. The van der Waals surface area contributed by atoms with Gasteiger partial charge in [-0.25, -0.2) is 9.78 Å². The molecule has 4 amide bonds. The predicted molar refractivity (Wildman–Crippen MR) is 118 cm³/mol. The van der Waals surface area contributed by atoms with Gasteiger partial charge in [-0.2, -0.15) is 0 Å². The van der Waals surface area contributed by atoms with Crippen molar-refractivity contribution in [3.63, 3.8) is 0 Å². The molecule has 0 bridgehead atoms. The summed E-state index contributed by atoms with van der Waals surface area (Å²) in [7, 11) is 1.74. The van der Waals surface area contributed by atoms with E-state index in [2.05, 4.69) is 15.6 Å². The van der Waals surface area contributed by atoms with Crippen LogP contribution in [0.3, 0.4) is 0 Å². The van der Waals surface area contributed by atoms with Gasteiger partial charge in [-0.3, -0.25) is 19.3 Å². The van der Waals surface area contributed by atoms with Crippen LogP contribution >= 0.6 is 0 Å². The topological polar surface area (TPSA) is 113 Å². The summed E-state index contributed by atoms with van der Waals surface area (Å²) < 4.78 is 1.63. The third kappa shape index (κ3) is 3.38. The number of carbonyl (C=O) groups is 4. The van der Waals surface area contributed by atoms with E-state index in [0.29, 0.717) is 29.9 Å². The fourth-order valence-electron chi connectivity index (χ4n) is 4.50. The van der Waals surface area contributed by atoms with Gasteiger partial charge < -0.3 is 15.2 Å². The van der Waals surface area contributed by atoms with Gasteiger partial charge in [0.05, 0.1) is 0 Å². The highest BCUT2D eigenvalue weighted by atomic mass is 16.2. The van der Waals surface area contributed by atoms with Crippen molar-refractivity contribution in [3.8, 4) is 0 Å². The van der Waals surface area contributed by atoms with Crippen molar-refractivity contribution in [1.82, 2.24) is 19.8 Å². The van der Waals surface area contributed by atoms with Crippen LogP contribution in [0.15, 0.2) is 60.9 Å². The van der Waals surface area contributed by atoms with E-state index in [1.165, 1.54) is 0 Å². The Morgan fingerprint density at radius 2 is 1.88 bits per heavy atom. The number of anilines is 1. The van der Waals surface area contributed by atoms with Gasteiger partial charge in [0, 0.05) is 30.7 Å². The fraction of sp³-hybridized carbons (Fsp3) is 0.208. The van der Waals surface area contributed by atoms with Gasteiger partial charge in [0.1, 0.15) is 12.1 Å². The Balaban J connectivity index is 1.26. The summed E-state index contributed by atoms with van der Waals surface area (Å²) in [5.74, 6) is -0.844. The number of fused-ring (bicyclic) bond motifs is 2. The number of rotatable bonds is 5. The minimum atomic E-state index is -1.10. The number of aromatic nitrogens is 2. The summed E-state index contributed by atoms with van der Waals surface area (Å²) in [4.78, 5) is 55.8. The maximum atomic E-state index is 13.2. The maximum Gasteiger partial charge on any atom is 0.325 e. The highest BCUT2D eigenvalue weighted by Crippen LogP contribution is 2.41. The molecule has 1 aromatic heterocycles. The molecule has 9 nitrogen and oxygen atoms in total. The minimum Gasteiger partial charge on any atom is -0.331 e. The van der Waals surface area contributed by atoms with E-state index in [0.717, 1.165) is 16.0 Å². The number of nitrogens with one attached hydrogen (secondary N) is 2. The molecule has 1 fully saturated rings. The van der Waals surface area contributed by atoms with E-state index in [-0.39, 0.29) is 5.78 Å². The zero-order valence-electron chi connectivity index (χ0n) is 17.9. The summed E-state index contributed by atoms with van der Waals surface area (Å²) in [6.45, 7) is -0.400. The molecule has 3 aromatic rings. The van der Waals surface area contributed by atoms with Crippen LogP contribution in [0, 0.1) is 0 Å². The van der Waals surface area contributed by atoms with Gasteiger partial charge in [-0.05, 0) is 48.2 Å². The highest BCUT2D eigenvalue weighted by molar-refractivity contribution is 6.11. The molecule has 9 heteroatoms. The molecule has 1 saturated heterocycles. The Morgan fingerprint density at radius 1 is 1.12 bits per heavy atom. The number of urea groups is 1. The average molecular weight is 443 g/mol. The van der Waals surface area contributed by atoms with Gasteiger partial charge in [0.15, 0.2) is 5.82 Å². The summed E-state index contributed by atoms with van der Waals surface area (Å²) in [5.41, 5.74) is 1.60. The van der Waals surface area contributed by atoms with E-state index in [1.54, 1.807) is 48.3 Å². The summed E-state index contributed by atoms with van der Waals surface area (Å²) >= 11 is 0. The van der Waals surface area contributed by atoms with Crippen molar-refractivity contribution in [1.29, 1.82) is 0 Å². The summed E-state index contributed by atoms with van der Waals surface area (Å²) in [5, 5.41) is 5.48. The number of hydrogen-bond acceptors (Lipinski definition) is 5. The smallest absolute Gasteiger partial charge is 0.325 e. The van der Waals surface area contributed by atoms with Crippen molar-refractivity contribution >= 4 is 29.3 Å². The second-order valence-corrected chi connectivity index (χ2v) is 8.20. The van der Waals surface area contributed by atoms with Crippen molar-refractivity contribution in [3.05, 3.63) is 83.4 Å². The highest BCUT2D eigenvalue weighted by Gasteiger charge is 2.55. The van der Waals surface area contributed by atoms with Gasteiger partial charge in [-0.1, -0.05) is 24.3 Å². The molecule has 0 saturated carbocycles. The Labute approximate surface area is 189 Å². The molecule has 2 N–H and O–H groups in total. The first-order valence-electron chi connectivity index (χ1n) is 10.5. The monoisotopic (exact) mass is 443 g/mol. The fourth-order valence-corrected chi connectivity index (χ4v) is 4.50. The van der Waals surface area contributed by atoms with Crippen molar-refractivity contribution in [2.45, 2.75) is 18.4 Å². The Morgan fingerprint density at radius 3 is 2.61 bits per heavy atom. The zero-order chi connectivity index (χ0) is 23.2. The Bertz CT molecular complexity index is 1300. The average Bonchev–Trinajstić information content (AvgIpc) is 3.47. The van der Waals surface area contributed by atoms with Crippen LogP contribution in [-0.4, -0.2) is 44.6 Å². The lowest BCUT2D eigenvalue weighted by molar-refractivity contribution is -0.134. The molecule has 1 aliphatic heterocycles. The van der Waals surface area contributed by atoms with E-state index >= 15 is 0 Å². The number of carbonyl (C=O) groups excluding carboxylic acids is 4. The molecule has 5 rings (SSSR count). The lowest BCUT2D eigenvalue weighted by Crippen LogP contribution is -2.42. The molecule has 1 spiro atoms. The standard InChI is InChI=1S/C24H21N5O4/c1-28-13-12-25-21(28)20(31)16-6-8-17(9-7-16)26-19(30)14-29-22(32)24(27-23(29)33)11-10-15-4-2-3-5-18(15)24/h2-9,12-13H,10-11,14H2,1H3,(H,26,30)(H,27,33). The second kappa shape index (κ2) is 7.70. The van der Waals surface area contributed by atoms with Gasteiger partial charge in [-0.15, -0.1) is 0 Å². The number of amides is 4. The normalized spacial score (nSPS) is 19.0. The number of imide groups is 1. The molecule has 1 atom stereocenters. The number of imidazole rings is 1. The van der Waals surface area contributed by atoms with Crippen molar-refractivity contribution in [2.24, 2.45) is 7.05 Å². The minimum absolute atomic E-state index is 0.234. The van der Waals surface area contributed by atoms with Crippen LogP contribution in [0.5, 0.6) is 0 Å². The van der Waals surface area contributed by atoms with Crippen LogP contribution in [0.4, 0.5) is 10.5 Å². The van der Waals surface area contributed by atoms with Crippen LogP contribution < -0.4 is 10.6 Å². The number of nitrogens with zero attached hydrogens (tertiary/aromatic N) is 3. The molecule has 0 radical (unpaired) electrons. The summed E-state index contributed by atoms with van der Waals surface area (Å²) in [6.07, 6.45) is 4.39. The first kappa shape index (κ1) is 20.6. The molecular formula is C24H21N5O4. The third-order valence-electron chi connectivity index (χ3n) is 6.18.